The van der Waals surface area contributed by atoms with Crippen LogP contribution in [0.3, 0.4) is 0 Å². The highest BCUT2D eigenvalue weighted by atomic mass is 16.4. The highest BCUT2D eigenvalue weighted by molar-refractivity contribution is 5.76. The third-order valence-electron chi connectivity index (χ3n) is 2.10. The van der Waals surface area contributed by atoms with Crippen LogP contribution in [0.15, 0.2) is 0 Å². The van der Waals surface area contributed by atoms with Crippen LogP contribution in [0.1, 0.15) is 12.8 Å². The molecule has 3 amide bonds. The van der Waals surface area contributed by atoms with Crippen LogP contribution >= 0.6 is 0 Å². The molecule has 1 rings (SSSR count). The van der Waals surface area contributed by atoms with Gasteiger partial charge in [0.15, 0.2) is 0 Å². The van der Waals surface area contributed by atoms with Crippen LogP contribution in [-0.2, 0) is 0 Å². The number of carbonyl (C=O) groups is 2. The monoisotopic (exact) mass is 158 g/mol. The summed E-state index contributed by atoms with van der Waals surface area (Å²) in [5.74, 6) is 0. The average Bonchev–Trinajstić information content (AvgIpc) is 2.34. The number of likely N-dealkylation sites (tertiary alicyclic amines) is 1. The van der Waals surface area contributed by atoms with Crippen LogP contribution in [-0.4, -0.2) is 29.7 Å². The molecule has 0 atom stereocenters. The molecule has 0 spiro atoms. The highest BCUT2D eigenvalue weighted by Crippen LogP contribution is 2.18. The fourth-order valence-corrected chi connectivity index (χ4v) is 1.37. The lowest BCUT2D eigenvalue weighted by atomic mass is 10.4. The molecule has 0 radical (unpaired) electrons. The Bertz CT molecular complexity index is 180. The fraction of sp³-hybridized carbons (Fsp3) is 0.667. The number of nitrogens with zero attached hydrogens (tertiary/aromatic N) is 1. The van der Waals surface area contributed by atoms with E-state index in [9.17, 15) is 14.7 Å². The first-order valence-corrected chi connectivity index (χ1v) is 3.48. The van der Waals surface area contributed by atoms with E-state index >= 15 is 0 Å². The van der Waals surface area contributed by atoms with Gasteiger partial charge in [0.2, 0.25) is 0 Å². The summed E-state index contributed by atoms with van der Waals surface area (Å²) in [5, 5.41) is 10.5. The quantitative estimate of drug-likeness (QED) is 0.460. The lowest BCUT2D eigenvalue weighted by Gasteiger charge is -2.27. The van der Waals surface area contributed by atoms with E-state index in [4.69, 9.17) is 5.73 Å². The molecule has 1 aliphatic heterocycles. The molecule has 2 N–H and O–H groups in total. The van der Waals surface area contributed by atoms with Crippen LogP contribution < -0.4 is 10.8 Å². The zero-order chi connectivity index (χ0) is 8.48. The number of imide groups is 1. The molecule has 62 valence electrons. The summed E-state index contributed by atoms with van der Waals surface area (Å²) in [4.78, 5) is 21.3. The Morgan fingerprint density at radius 2 is 1.73 bits per heavy atom. The second-order valence-electron chi connectivity index (χ2n) is 2.73. The minimum atomic E-state index is -1.38. The predicted octanol–water partition coefficient (Wildman–Crippen LogP) is -0.981. The maximum atomic E-state index is 10.7. The van der Waals surface area contributed by atoms with Crippen molar-refractivity contribution in [2.24, 2.45) is 5.73 Å². The van der Waals surface area contributed by atoms with E-state index in [1.54, 1.807) is 0 Å². The van der Waals surface area contributed by atoms with Gasteiger partial charge in [-0.1, -0.05) is 0 Å². The van der Waals surface area contributed by atoms with E-state index in [1.165, 1.54) is 0 Å². The zero-order valence-electron chi connectivity index (χ0n) is 6.08. The Morgan fingerprint density at radius 1 is 1.27 bits per heavy atom. The summed E-state index contributed by atoms with van der Waals surface area (Å²) < 4.78 is -0.694. The van der Waals surface area contributed by atoms with Gasteiger partial charge in [-0.05, 0) is 0 Å². The first-order chi connectivity index (χ1) is 5.09. The van der Waals surface area contributed by atoms with Crippen LogP contribution in [0.4, 0.5) is 9.59 Å². The molecular formula is C6H10N2O3. The Kier molecular flexibility index (Phi) is 1.82. The van der Waals surface area contributed by atoms with Crippen molar-refractivity contribution in [1.29, 1.82) is 0 Å². The molecule has 1 fully saturated rings. The maximum absolute atomic E-state index is 10.7. The summed E-state index contributed by atoms with van der Waals surface area (Å²) in [6, 6.07) is -0.817. The molecule has 0 aromatic carbocycles. The summed E-state index contributed by atoms with van der Waals surface area (Å²) in [7, 11) is 0. The van der Waals surface area contributed by atoms with E-state index < -0.39 is 16.6 Å². The summed E-state index contributed by atoms with van der Waals surface area (Å²) in [6.07, 6.45) is 0.0587. The summed E-state index contributed by atoms with van der Waals surface area (Å²) >= 11 is 0. The SMILES string of the molecule is NC(=O)[N+]1(C(=O)[O-])CCCC1. The smallest absolute Gasteiger partial charge is 0.420 e. The van der Waals surface area contributed by atoms with Gasteiger partial charge in [0.1, 0.15) is 0 Å². The van der Waals surface area contributed by atoms with Gasteiger partial charge in [-0.25, -0.2) is 4.79 Å². The summed E-state index contributed by atoms with van der Waals surface area (Å²) in [6.45, 7) is 0.551. The van der Waals surface area contributed by atoms with E-state index in [0.29, 0.717) is 0 Å². The Morgan fingerprint density at radius 3 is 1.91 bits per heavy atom. The number of carboxylic acid groups (broad SMARTS) is 1. The van der Waals surface area contributed by atoms with Gasteiger partial charge in [-0.2, -0.15) is 4.48 Å². The van der Waals surface area contributed by atoms with Crippen molar-refractivity contribution in [3.8, 4) is 0 Å². The topological polar surface area (TPSA) is 83.2 Å². The minimum Gasteiger partial charge on any atom is -0.498 e. The first-order valence-electron chi connectivity index (χ1n) is 3.48. The van der Waals surface area contributed by atoms with Crippen LogP contribution in [0.25, 0.3) is 0 Å². The van der Waals surface area contributed by atoms with E-state index in [2.05, 4.69) is 0 Å². The minimum absolute atomic E-state index is 0.275. The molecule has 5 heteroatoms. The van der Waals surface area contributed by atoms with Crippen molar-refractivity contribution < 1.29 is 19.2 Å². The number of rotatable bonds is 0. The number of primary amides is 1. The molecule has 1 saturated heterocycles. The van der Waals surface area contributed by atoms with Crippen molar-refractivity contribution in [1.82, 2.24) is 0 Å². The Labute approximate surface area is 64.0 Å². The van der Waals surface area contributed by atoms with Gasteiger partial charge in [0.05, 0.1) is 13.1 Å². The van der Waals surface area contributed by atoms with Crippen LogP contribution in [0.5, 0.6) is 0 Å². The zero-order valence-corrected chi connectivity index (χ0v) is 6.08. The molecule has 5 nitrogen and oxygen atoms in total. The van der Waals surface area contributed by atoms with Crippen molar-refractivity contribution in [2.45, 2.75) is 12.8 Å². The third-order valence-corrected chi connectivity index (χ3v) is 2.10. The van der Waals surface area contributed by atoms with Crippen LogP contribution in [0.2, 0.25) is 0 Å². The largest absolute Gasteiger partial charge is 0.498 e. The van der Waals surface area contributed by atoms with Gasteiger partial charge >= 0.3 is 6.03 Å². The molecule has 0 unspecified atom stereocenters. The fourth-order valence-electron chi connectivity index (χ4n) is 1.37. The molecule has 1 aliphatic rings. The van der Waals surface area contributed by atoms with Gasteiger partial charge in [-0.3, -0.25) is 0 Å². The molecule has 0 aliphatic carbocycles. The van der Waals surface area contributed by atoms with Gasteiger partial charge in [0, 0.05) is 12.8 Å². The molecule has 1 heterocycles. The van der Waals surface area contributed by atoms with Crippen molar-refractivity contribution in [3.63, 3.8) is 0 Å². The summed E-state index contributed by atoms with van der Waals surface area (Å²) in [5.41, 5.74) is 4.95. The second-order valence-corrected chi connectivity index (χ2v) is 2.73. The van der Waals surface area contributed by atoms with Crippen molar-refractivity contribution in [2.75, 3.05) is 13.1 Å². The van der Waals surface area contributed by atoms with Crippen LogP contribution in [0, 0.1) is 0 Å². The second kappa shape index (κ2) is 2.50. The lowest BCUT2D eigenvalue weighted by Crippen LogP contribution is -2.62. The number of amides is 3. The molecule has 0 saturated carbocycles. The van der Waals surface area contributed by atoms with Gasteiger partial charge in [-0.15, -0.1) is 0 Å². The number of carbonyl (C=O) groups excluding carboxylic acids is 2. The standard InChI is InChI=1S/C6H10N2O3/c7-5(9)8(6(10)11)3-1-2-4-8/h1-4H2,(H2-,7,9,10,11). The van der Waals surface area contributed by atoms with Crippen molar-refractivity contribution in [3.05, 3.63) is 0 Å². The molecule has 0 aromatic heterocycles. The average molecular weight is 158 g/mol. The normalized spacial score (nSPS) is 21.5. The highest BCUT2D eigenvalue weighted by Gasteiger charge is 2.40. The Balaban J connectivity index is 2.87. The van der Waals surface area contributed by atoms with E-state index in [0.717, 1.165) is 12.8 Å². The molecule has 0 aromatic rings. The van der Waals surface area contributed by atoms with Crippen molar-refractivity contribution >= 4 is 12.1 Å². The maximum Gasteiger partial charge on any atom is 0.420 e. The van der Waals surface area contributed by atoms with Gasteiger partial charge in [0.25, 0.3) is 6.09 Å². The third kappa shape index (κ3) is 1.07. The number of hydrogen-bond donors (Lipinski definition) is 1. The van der Waals surface area contributed by atoms with Gasteiger partial charge < -0.3 is 15.6 Å². The molecule has 11 heavy (non-hydrogen) atoms. The Hall–Kier alpha value is -1.10. The number of hydrogen-bond acceptors (Lipinski definition) is 3. The number of urea groups is 1. The molecule has 0 bridgehead atoms. The predicted molar refractivity (Wildman–Crippen MR) is 34.2 cm³/mol. The number of quaternary nitrogens is 1. The lowest BCUT2D eigenvalue weighted by molar-refractivity contribution is -0.786. The van der Waals surface area contributed by atoms with E-state index in [-0.39, 0.29) is 13.1 Å². The first kappa shape index (κ1) is 8.00. The van der Waals surface area contributed by atoms with E-state index in [1.807, 2.05) is 0 Å². The molecular weight excluding hydrogens is 148 g/mol. The number of nitrogens with two attached hydrogens (primary N) is 1.